The summed E-state index contributed by atoms with van der Waals surface area (Å²) < 4.78 is 0. The zero-order valence-electron chi connectivity index (χ0n) is 14.5. The third kappa shape index (κ3) is 6.58. The third-order valence-corrected chi connectivity index (χ3v) is 3.44. The molecule has 1 atom stereocenters. The molecule has 0 saturated heterocycles. The van der Waals surface area contributed by atoms with Crippen LogP contribution in [0.15, 0.2) is 59.8 Å². The zero-order valence-corrected chi connectivity index (χ0v) is 14.5. The molecule has 0 bridgehead atoms. The quantitative estimate of drug-likeness (QED) is 0.420. The van der Waals surface area contributed by atoms with Crippen molar-refractivity contribution < 1.29 is 19.3 Å². The van der Waals surface area contributed by atoms with Crippen molar-refractivity contribution in [3.63, 3.8) is 0 Å². The predicted octanol–water partition coefficient (Wildman–Crippen LogP) is 2.41. The topological polar surface area (TPSA) is 123 Å². The van der Waals surface area contributed by atoms with E-state index in [-0.39, 0.29) is 29.9 Å². The number of oxime groups is 1. The highest BCUT2D eigenvalue weighted by Crippen LogP contribution is 2.16. The molecule has 2 N–H and O–H groups in total. The number of nitrogens with one attached hydrogen (secondary N) is 2. The minimum atomic E-state index is -0.645. The second-order valence-corrected chi connectivity index (χ2v) is 5.50. The lowest BCUT2D eigenvalue weighted by Gasteiger charge is -2.13. The molecule has 0 saturated carbocycles. The van der Waals surface area contributed by atoms with E-state index in [1.807, 2.05) is 37.3 Å². The van der Waals surface area contributed by atoms with Crippen LogP contribution < -0.4 is 10.6 Å². The van der Waals surface area contributed by atoms with Crippen molar-refractivity contribution >= 4 is 29.4 Å². The van der Waals surface area contributed by atoms with Crippen LogP contribution in [0.4, 0.5) is 11.4 Å². The average Bonchev–Trinajstić information content (AvgIpc) is 2.66. The fraction of sp³-hybridized carbons (Fsp3) is 0.167. The lowest BCUT2D eigenvalue weighted by molar-refractivity contribution is -0.384. The predicted molar refractivity (Wildman–Crippen MR) is 99.2 cm³/mol. The molecule has 140 valence electrons. The van der Waals surface area contributed by atoms with Crippen molar-refractivity contribution in [2.45, 2.75) is 13.0 Å². The molecule has 0 radical (unpaired) electrons. The largest absolute Gasteiger partial charge is 0.386 e. The number of rotatable bonds is 8. The lowest BCUT2D eigenvalue weighted by atomic mass is 10.1. The Labute approximate surface area is 155 Å². The first-order valence-corrected chi connectivity index (χ1v) is 8.01. The number of hydrogen-bond donors (Lipinski definition) is 2. The number of non-ortho nitro benzene ring substituents is 1. The van der Waals surface area contributed by atoms with E-state index in [1.54, 1.807) is 0 Å². The normalized spacial score (nSPS) is 11.6. The minimum absolute atomic E-state index is 0.148. The van der Waals surface area contributed by atoms with Crippen LogP contribution >= 0.6 is 0 Å². The third-order valence-electron chi connectivity index (χ3n) is 3.44. The molecule has 0 aromatic heterocycles. The summed E-state index contributed by atoms with van der Waals surface area (Å²) in [6.45, 7) is 1.49. The molecule has 0 aliphatic carbocycles. The maximum absolute atomic E-state index is 11.8. The van der Waals surface area contributed by atoms with Gasteiger partial charge in [0.05, 0.1) is 11.0 Å². The smallest absolute Gasteiger partial charge is 0.271 e. The maximum Gasteiger partial charge on any atom is 0.271 e. The monoisotopic (exact) mass is 370 g/mol. The molecule has 0 aliphatic rings. The van der Waals surface area contributed by atoms with Crippen molar-refractivity contribution in [1.29, 1.82) is 0 Å². The number of carbonyl (C=O) groups is 2. The van der Waals surface area contributed by atoms with Crippen LogP contribution in [0.1, 0.15) is 18.5 Å². The number of nitro benzene ring substituents is 1. The van der Waals surface area contributed by atoms with Crippen LogP contribution in [0.25, 0.3) is 0 Å². The summed E-state index contributed by atoms with van der Waals surface area (Å²) in [4.78, 5) is 38.4. The van der Waals surface area contributed by atoms with E-state index in [4.69, 9.17) is 4.84 Å². The molecule has 2 aromatic carbocycles. The highest BCUT2D eigenvalue weighted by molar-refractivity contribution is 6.31. The summed E-state index contributed by atoms with van der Waals surface area (Å²) in [5.74, 6) is -1.03. The second kappa shape index (κ2) is 9.66. The van der Waals surface area contributed by atoms with E-state index >= 15 is 0 Å². The Morgan fingerprint density at radius 2 is 1.96 bits per heavy atom. The number of anilines is 1. The molecule has 9 heteroatoms. The number of benzene rings is 2. The van der Waals surface area contributed by atoms with Crippen molar-refractivity contribution in [3.05, 3.63) is 70.3 Å². The molecule has 0 spiro atoms. The lowest BCUT2D eigenvalue weighted by Crippen LogP contribution is -2.29. The van der Waals surface area contributed by atoms with Crippen LogP contribution in [0, 0.1) is 10.1 Å². The first kappa shape index (κ1) is 19.6. The summed E-state index contributed by atoms with van der Waals surface area (Å²) in [5, 5.41) is 19.2. The van der Waals surface area contributed by atoms with Gasteiger partial charge in [-0.25, -0.2) is 0 Å². The molecule has 0 aliphatic heterocycles. The van der Waals surface area contributed by atoms with Crippen molar-refractivity contribution in [3.8, 4) is 0 Å². The van der Waals surface area contributed by atoms with Crippen LogP contribution in [0.5, 0.6) is 0 Å². The van der Waals surface area contributed by atoms with E-state index in [2.05, 4.69) is 15.8 Å². The Morgan fingerprint density at radius 3 is 2.67 bits per heavy atom. The molecular formula is C18H18N4O5. The number of carbonyl (C=O) groups excluding carboxylic acids is 2. The Hall–Kier alpha value is -3.75. The number of hydrogen-bond acceptors (Lipinski definition) is 6. The molecule has 2 amide bonds. The Balaban J connectivity index is 1.75. The van der Waals surface area contributed by atoms with Crippen LogP contribution in [-0.4, -0.2) is 29.6 Å². The highest BCUT2D eigenvalue weighted by atomic mass is 16.6. The van der Waals surface area contributed by atoms with Crippen molar-refractivity contribution in [1.82, 2.24) is 5.32 Å². The molecule has 9 nitrogen and oxygen atoms in total. The maximum atomic E-state index is 11.8. The van der Waals surface area contributed by atoms with Gasteiger partial charge < -0.3 is 15.5 Å². The average molecular weight is 370 g/mol. The molecular weight excluding hydrogens is 352 g/mol. The van der Waals surface area contributed by atoms with E-state index in [1.165, 1.54) is 24.3 Å². The van der Waals surface area contributed by atoms with Gasteiger partial charge in [-0.1, -0.05) is 41.6 Å². The molecule has 27 heavy (non-hydrogen) atoms. The summed E-state index contributed by atoms with van der Waals surface area (Å²) in [7, 11) is 0. The SMILES string of the molecule is C[C@@H](NC(=O)CO/N=C\C(=O)Nc1cccc([N+](=O)[O-])c1)c1ccccc1. The van der Waals surface area contributed by atoms with E-state index in [0.29, 0.717) is 0 Å². The summed E-state index contributed by atoms with van der Waals surface area (Å²) in [5.41, 5.74) is 1.05. The Kier molecular flexibility index (Phi) is 7.00. The summed E-state index contributed by atoms with van der Waals surface area (Å²) >= 11 is 0. The molecule has 0 fully saturated rings. The number of nitrogens with zero attached hydrogens (tertiary/aromatic N) is 2. The van der Waals surface area contributed by atoms with Gasteiger partial charge in [0.2, 0.25) is 0 Å². The Bertz CT molecular complexity index is 839. The van der Waals surface area contributed by atoms with Gasteiger partial charge in [-0.05, 0) is 18.6 Å². The fourth-order valence-corrected chi connectivity index (χ4v) is 2.16. The molecule has 2 rings (SSSR count). The Morgan fingerprint density at radius 1 is 1.22 bits per heavy atom. The van der Waals surface area contributed by atoms with Crippen molar-refractivity contribution in [2.24, 2.45) is 5.16 Å². The van der Waals surface area contributed by atoms with Gasteiger partial charge in [0.15, 0.2) is 6.61 Å². The molecule has 0 unspecified atom stereocenters. The van der Waals surface area contributed by atoms with Crippen LogP contribution in [0.3, 0.4) is 0 Å². The minimum Gasteiger partial charge on any atom is -0.386 e. The second-order valence-electron chi connectivity index (χ2n) is 5.50. The van der Waals surface area contributed by atoms with E-state index < -0.39 is 10.8 Å². The first-order valence-electron chi connectivity index (χ1n) is 8.01. The van der Waals surface area contributed by atoms with Crippen LogP contribution in [-0.2, 0) is 14.4 Å². The van der Waals surface area contributed by atoms with Crippen molar-refractivity contribution in [2.75, 3.05) is 11.9 Å². The summed E-state index contributed by atoms with van der Waals surface area (Å²) in [6, 6.07) is 14.7. The van der Waals surface area contributed by atoms with Gasteiger partial charge in [-0.3, -0.25) is 19.7 Å². The molecule has 2 aromatic rings. The van der Waals surface area contributed by atoms with Gasteiger partial charge in [-0.15, -0.1) is 0 Å². The van der Waals surface area contributed by atoms with Gasteiger partial charge >= 0.3 is 0 Å². The van der Waals surface area contributed by atoms with Gasteiger partial charge in [0.1, 0.15) is 6.21 Å². The highest BCUT2D eigenvalue weighted by Gasteiger charge is 2.10. The van der Waals surface area contributed by atoms with E-state index in [0.717, 1.165) is 11.8 Å². The van der Waals surface area contributed by atoms with Crippen LogP contribution in [0.2, 0.25) is 0 Å². The fourth-order valence-electron chi connectivity index (χ4n) is 2.16. The standard InChI is InChI=1S/C18H18N4O5/c1-13(14-6-3-2-4-7-14)20-18(24)12-27-19-11-17(23)21-15-8-5-9-16(10-15)22(25)26/h2-11,13H,12H2,1H3,(H,20,24)(H,21,23)/b19-11-/t13-/m1/s1. The van der Waals surface area contributed by atoms with Gasteiger partial charge in [0.25, 0.3) is 17.5 Å². The summed E-state index contributed by atoms with van der Waals surface area (Å²) in [6.07, 6.45) is 0.840. The van der Waals surface area contributed by atoms with Gasteiger partial charge in [0, 0.05) is 17.8 Å². The number of nitro groups is 1. The zero-order chi connectivity index (χ0) is 19.6. The van der Waals surface area contributed by atoms with E-state index in [9.17, 15) is 19.7 Å². The molecule has 0 heterocycles. The van der Waals surface area contributed by atoms with Gasteiger partial charge in [-0.2, -0.15) is 0 Å². The first-order chi connectivity index (χ1) is 13.0. The number of amides is 2.